The third kappa shape index (κ3) is 3.76. The van der Waals surface area contributed by atoms with Crippen LogP contribution in [0.4, 0.5) is 0 Å². The Labute approximate surface area is 205 Å². The third-order valence-electron chi connectivity index (χ3n) is 5.86. The fourth-order valence-electron chi connectivity index (χ4n) is 4.25. The van der Waals surface area contributed by atoms with Gasteiger partial charge in [0, 0.05) is 32.7 Å². The van der Waals surface area contributed by atoms with Crippen molar-refractivity contribution in [1.29, 1.82) is 0 Å². The van der Waals surface area contributed by atoms with Gasteiger partial charge in [0.15, 0.2) is 0 Å². The molecular weight excluding hydrogens is 481 g/mol. The van der Waals surface area contributed by atoms with E-state index in [1.807, 2.05) is 43.3 Å². The molecule has 2 N–H and O–H groups in total. The average molecular weight is 499 g/mol. The molecule has 0 aliphatic carbocycles. The number of hydrogen-bond donors (Lipinski definition) is 2. The van der Waals surface area contributed by atoms with Crippen LogP contribution in [0, 0.1) is 6.92 Å². The molecule has 0 saturated heterocycles. The number of aryl methyl sites for hydroxylation is 1. The Hall–Kier alpha value is -2.99. The van der Waals surface area contributed by atoms with Crippen LogP contribution in [0.15, 0.2) is 60.7 Å². The molecule has 0 spiro atoms. The molecule has 1 aliphatic rings. The highest BCUT2D eigenvalue weighted by molar-refractivity contribution is 6.32. The Morgan fingerprint density at radius 1 is 1.03 bits per heavy atom. The van der Waals surface area contributed by atoms with Crippen molar-refractivity contribution < 1.29 is 9.90 Å². The average Bonchev–Trinajstić information content (AvgIpc) is 3.32. The van der Waals surface area contributed by atoms with Gasteiger partial charge in [-0.15, -0.1) is 0 Å². The van der Waals surface area contributed by atoms with Gasteiger partial charge < -0.3 is 10.0 Å². The Kier molecular flexibility index (Phi) is 5.57. The fourth-order valence-corrected chi connectivity index (χ4v) is 4.81. The van der Waals surface area contributed by atoms with E-state index in [1.54, 1.807) is 29.2 Å². The molecule has 0 radical (unpaired) electrons. The van der Waals surface area contributed by atoms with E-state index in [2.05, 4.69) is 10.2 Å². The summed E-state index contributed by atoms with van der Waals surface area (Å²) in [6.45, 7) is 2.10. The van der Waals surface area contributed by atoms with Crippen molar-refractivity contribution >= 4 is 40.7 Å². The van der Waals surface area contributed by atoms with Gasteiger partial charge in [-0.05, 0) is 53.9 Å². The highest BCUT2D eigenvalue weighted by Crippen LogP contribution is 2.46. The van der Waals surface area contributed by atoms with Crippen LogP contribution >= 0.6 is 34.8 Å². The zero-order chi connectivity index (χ0) is 23.3. The van der Waals surface area contributed by atoms with Crippen LogP contribution in [-0.4, -0.2) is 26.1 Å². The number of carbonyl (C=O) groups excluding carboxylic acids is 1. The molecule has 2 heterocycles. The maximum atomic E-state index is 13.5. The number of carbonyl (C=O) groups is 1. The minimum atomic E-state index is -0.490. The second kappa shape index (κ2) is 8.41. The number of nitrogens with one attached hydrogen (secondary N) is 1. The number of nitrogens with zero attached hydrogens (tertiary/aromatic N) is 2. The largest absolute Gasteiger partial charge is 0.507 e. The quantitative estimate of drug-likeness (QED) is 0.325. The first-order chi connectivity index (χ1) is 15.8. The molecule has 33 heavy (non-hydrogen) atoms. The number of fused-ring (bicyclic) bond motifs is 1. The topological polar surface area (TPSA) is 69.2 Å². The van der Waals surface area contributed by atoms with Crippen LogP contribution in [0.1, 0.15) is 38.8 Å². The van der Waals surface area contributed by atoms with Crippen molar-refractivity contribution in [2.75, 3.05) is 0 Å². The number of hydrogen-bond acceptors (Lipinski definition) is 3. The number of halogens is 3. The molecule has 5 nitrogen and oxygen atoms in total. The first-order valence-electron chi connectivity index (χ1n) is 10.2. The fraction of sp³-hybridized carbons (Fsp3) is 0.120. The van der Waals surface area contributed by atoms with E-state index in [9.17, 15) is 9.90 Å². The Morgan fingerprint density at radius 2 is 1.82 bits per heavy atom. The summed E-state index contributed by atoms with van der Waals surface area (Å²) in [6, 6.07) is 17.5. The van der Waals surface area contributed by atoms with Crippen LogP contribution in [0.2, 0.25) is 15.1 Å². The molecule has 1 atom stereocenters. The molecule has 0 bridgehead atoms. The number of phenolic OH excluding ortho intramolecular Hbond substituents is 1. The smallest absolute Gasteiger partial charge is 0.273 e. The van der Waals surface area contributed by atoms with E-state index in [0.29, 0.717) is 37.6 Å². The Morgan fingerprint density at radius 3 is 2.58 bits per heavy atom. The molecular formula is C25H18Cl3N3O2. The molecule has 8 heteroatoms. The van der Waals surface area contributed by atoms with E-state index in [-0.39, 0.29) is 18.2 Å². The van der Waals surface area contributed by atoms with Gasteiger partial charge in [-0.25, -0.2) is 0 Å². The van der Waals surface area contributed by atoms with Gasteiger partial charge in [0.25, 0.3) is 5.91 Å². The van der Waals surface area contributed by atoms with Gasteiger partial charge in [-0.2, -0.15) is 5.10 Å². The molecule has 0 fully saturated rings. The van der Waals surface area contributed by atoms with Crippen molar-refractivity contribution in [2.24, 2.45) is 0 Å². The Bertz CT molecular complexity index is 1400. The van der Waals surface area contributed by atoms with Crippen LogP contribution in [0.25, 0.3) is 11.3 Å². The number of aromatic hydroxyl groups is 1. The predicted octanol–water partition coefficient (Wildman–Crippen LogP) is 6.80. The summed E-state index contributed by atoms with van der Waals surface area (Å²) < 4.78 is 0. The first-order valence-corrected chi connectivity index (χ1v) is 11.4. The maximum absolute atomic E-state index is 13.5. The number of phenols is 1. The van der Waals surface area contributed by atoms with E-state index in [0.717, 1.165) is 16.7 Å². The van der Waals surface area contributed by atoms with Gasteiger partial charge in [0.05, 0.1) is 6.04 Å². The normalized spacial score (nSPS) is 15.2. The summed E-state index contributed by atoms with van der Waals surface area (Å²) in [4.78, 5) is 15.2. The summed E-state index contributed by atoms with van der Waals surface area (Å²) in [6.07, 6.45) is 0. The number of rotatable bonds is 4. The number of aromatic amines is 1. The monoisotopic (exact) mass is 497 g/mol. The van der Waals surface area contributed by atoms with Gasteiger partial charge in [0.2, 0.25) is 0 Å². The molecule has 4 aromatic rings. The van der Waals surface area contributed by atoms with Crippen LogP contribution in [0.5, 0.6) is 5.75 Å². The highest BCUT2D eigenvalue weighted by Gasteiger charge is 2.42. The minimum Gasteiger partial charge on any atom is -0.507 e. The van der Waals surface area contributed by atoms with E-state index in [1.165, 1.54) is 0 Å². The molecule has 166 valence electrons. The van der Waals surface area contributed by atoms with Gasteiger partial charge in [-0.1, -0.05) is 65.1 Å². The second-order valence-electron chi connectivity index (χ2n) is 7.96. The summed E-state index contributed by atoms with van der Waals surface area (Å²) in [5, 5.41) is 19.6. The highest BCUT2D eigenvalue weighted by atomic mass is 35.5. The summed E-state index contributed by atoms with van der Waals surface area (Å²) >= 11 is 19.1. The Balaban J connectivity index is 1.70. The van der Waals surface area contributed by atoms with Gasteiger partial charge >= 0.3 is 0 Å². The summed E-state index contributed by atoms with van der Waals surface area (Å²) in [7, 11) is 0. The number of H-pyrrole nitrogens is 1. The zero-order valence-electron chi connectivity index (χ0n) is 17.4. The molecule has 1 aromatic heterocycles. The van der Waals surface area contributed by atoms with E-state index < -0.39 is 6.04 Å². The lowest BCUT2D eigenvalue weighted by Crippen LogP contribution is -2.29. The van der Waals surface area contributed by atoms with Crippen molar-refractivity contribution in [3.63, 3.8) is 0 Å². The van der Waals surface area contributed by atoms with Gasteiger partial charge in [0.1, 0.15) is 17.1 Å². The van der Waals surface area contributed by atoms with Crippen LogP contribution in [0.3, 0.4) is 0 Å². The maximum Gasteiger partial charge on any atom is 0.273 e. The van der Waals surface area contributed by atoms with Crippen molar-refractivity contribution in [3.05, 3.63) is 104 Å². The number of amides is 1. The van der Waals surface area contributed by atoms with Gasteiger partial charge in [-0.3, -0.25) is 9.89 Å². The molecule has 1 aliphatic heterocycles. The molecule has 1 unspecified atom stereocenters. The standard InChI is InChI=1S/C25H18Cl3N3O2/c1-13-9-20(32)17(11-19(13)28)22-21-23(30-29-22)25(33)31(12-15-5-2-3-8-18(15)27)24(21)14-6-4-7-16(26)10-14/h2-11,24,32H,12H2,1H3,(H,29,30). The summed E-state index contributed by atoms with van der Waals surface area (Å²) in [5.41, 5.74) is 4.31. The van der Waals surface area contributed by atoms with E-state index >= 15 is 0 Å². The minimum absolute atomic E-state index is 0.0352. The predicted molar refractivity (Wildman–Crippen MR) is 130 cm³/mol. The third-order valence-corrected chi connectivity index (χ3v) is 6.87. The number of aromatic nitrogens is 2. The molecule has 1 amide bonds. The summed E-state index contributed by atoms with van der Waals surface area (Å²) in [5.74, 6) is -0.181. The zero-order valence-corrected chi connectivity index (χ0v) is 19.7. The lowest BCUT2D eigenvalue weighted by molar-refractivity contribution is 0.0730. The van der Waals surface area contributed by atoms with Crippen molar-refractivity contribution in [3.8, 4) is 17.0 Å². The van der Waals surface area contributed by atoms with Crippen molar-refractivity contribution in [2.45, 2.75) is 19.5 Å². The van der Waals surface area contributed by atoms with Crippen molar-refractivity contribution in [1.82, 2.24) is 15.1 Å². The molecule has 3 aromatic carbocycles. The lowest BCUT2D eigenvalue weighted by Gasteiger charge is -2.27. The van der Waals surface area contributed by atoms with Crippen LogP contribution < -0.4 is 0 Å². The first kappa shape index (κ1) is 21.8. The number of benzene rings is 3. The molecule has 5 rings (SSSR count). The SMILES string of the molecule is Cc1cc(O)c(-c2n[nH]c3c2C(c2cccc(Cl)c2)N(Cc2ccccc2Cl)C3=O)cc1Cl. The second-order valence-corrected chi connectivity index (χ2v) is 9.21. The lowest BCUT2D eigenvalue weighted by atomic mass is 9.95. The van der Waals surface area contributed by atoms with E-state index in [4.69, 9.17) is 34.8 Å². The molecule has 0 saturated carbocycles. The van der Waals surface area contributed by atoms with Crippen LogP contribution in [-0.2, 0) is 6.54 Å².